The Morgan fingerprint density at radius 3 is 2.83 bits per heavy atom. The van der Waals surface area contributed by atoms with Crippen molar-refractivity contribution >= 4 is 17.6 Å². The van der Waals surface area contributed by atoms with Crippen LogP contribution in [-0.2, 0) is 0 Å². The number of rotatable bonds is 5. The molecule has 2 aromatic rings. The van der Waals surface area contributed by atoms with Gasteiger partial charge in [0.1, 0.15) is 5.75 Å². The lowest BCUT2D eigenvalue weighted by Crippen LogP contribution is -1.96. The second-order valence-electron chi connectivity index (χ2n) is 4.71. The number of nitro benzene ring substituents is 1. The van der Waals surface area contributed by atoms with Crippen molar-refractivity contribution in [1.82, 2.24) is 0 Å². The van der Waals surface area contributed by atoms with Gasteiger partial charge in [-0.3, -0.25) is 15.1 Å². The fraction of sp³-hybridized carbons (Fsp3) is 0.188. The van der Waals surface area contributed by atoms with Gasteiger partial charge < -0.3 is 14.2 Å². The maximum absolute atomic E-state index is 10.8. The number of nitrogens with zero attached hydrogens (tertiary/aromatic N) is 2. The van der Waals surface area contributed by atoms with Gasteiger partial charge >= 0.3 is 0 Å². The molecule has 0 spiro atoms. The summed E-state index contributed by atoms with van der Waals surface area (Å²) >= 11 is 0. The molecule has 0 radical (unpaired) electrons. The summed E-state index contributed by atoms with van der Waals surface area (Å²) in [4.78, 5) is 14.6. The molecule has 0 N–H and O–H groups in total. The van der Waals surface area contributed by atoms with Gasteiger partial charge in [0.05, 0.1) is 17.2 Å². The predicted molar refractivity (Wildman–Crippen MR) is 84.1 cm³/mol. The monoisotopic (exact) mass is 314 g/mol. The molecule has 0 aromatic heterocycles. The molecule has 0 fully saturated rings. The van der Waals surface area contributed by atoms with Crippen LogP contribution in [0.25, 0.3) is 0 Å². The minimum Gasteiger partial charge on any atom is -0.493 e. The van der Waals surface area contributed by atoms with Crippen molar-refractivity contribution in [3.05, 3.63) is 52.1 Å². The van der Waals surface area contributed by atoms with Crippen LogP contribution in [-0.4, -0.2) is 24.5 Å². The summed E-state index contributed by atoms with van der Waals surface area (Å²) in [5, 5.41) is 10.8. The summed E-state index contributed by atoms with van der Waals surface area (Å²) in [5.41, 5.74) is 1.19. The Kier molecular flexibility index (Phi) is 4.09. The summed E-state index contributed by atoms with van der Waals surface area (Å²) in [6, 6.07) is 9.63. The first-order valence-electron chi connectivity index (χ1n) is 7.02. The number of benzene rings is 2. The van der Waals surface area contributed by atoms with E-state index in [-0.39, 0.29) is 12.5 Å². The van der Waals surface area contributed by atoms with Crippen LogP contribution in [0.4, 0.5) is 11.4 Å². The van der Waals surface area contributed by atoms with Crippen LogP contribution in [0.1, 0.15) is 12.5 Å². The molecular weight excluding hydrogens is 300 g/mol. The second kappa shape index (κ2) is 6.35. The molecule has 7 heteroatoms. The highest BCUT2D eigenvalue weighted by atomic mass is 16.7. The first-order chi connectivity index (χ1) is 11.2. The largest absolute Gasteiger partial charge is 0.493 e. The molecule has 1 aliphatic rings. The average Bonchev–Trinajstić information content (AvgIpc) is 3.00. The van der Waals surface area contributed by atoms with Crippen molar-refractivity contribution in [2.75, 3.05) is 13.4 Å². The highest BCUT2D eigenvalue weighted by molar-refractivity contribution is 5.87. The van der Waals surface area contributed by atoms with Gasteiger partial charge in [0, 0.05) is 30.0 Å². The molecule has 7 nitrogen and oxygen atoms in total. The number of hydrogen-bond acceptors (Lipinski definition) is 6. The summed E-state index contributed by atoms with van der Waals surface area (Å²) in [5.74, 6) is 1.86. The van der Waals surface area contributed by atoms with Crippen molar-refractivity contribution in [2.24, 2.45) is 4.99 Å². The van der Waals surface area contributed by atoms with E-state index in [0.29, 0.717) is 35.1 Å². The van der Waals surface area contributed by atoms with Crippen LogP contribution in [0.3, 0.4) is 0 Å². The van der Waals surface area contributed by atoms with Crippen molar-refractivity contribution in [3.8, 4) is 17.2 Å². The Morgan fingerprint density at radius 2 is 2.09 bits per heavy atom. The quantitative estimate of drug-likeness (QED) is 0.479. The third-order valence-corrected chi connectivity index (χ3v) is 3.20. The average molecular weight is 314 g/mol. The van der Waals surface area contributed by atoms with Gasteiger partial charge in [-0.15, -0.1) is 0 Å². The number of hydrogen-bond donors (Lipinski definition) is 0. The molecule has 118 valence electrons. The molecule has 1 aliphatic heterocycles. The Balaban J connectivity index is 1.92. The smallest absolute Gasteiger partial charge is 0.271 e. The van der Waals surface area contributed by atoms with E-state index in [2.05, 4.69) is 4.99 Å². The van der Waals surface area contributed by atoms with Crippen LogP contribution in [0, 0.1) is 10.1 Å². The van der Waals surface area contributed by atoms with Gasteiger partial charge in [-0.1, -0.05) is 6.07 Å². The molecule has 0 unspecified atom stereocenters. The Morgan fingerprint density at radius 1 is 1.30 bits per heavy atom. The first kappa shape index (κ1) is 14.8. The van der Waals surface area contributed by atoms with Gasteiger partial charge in [0.2, 0.25) is 6.79 Å². The molecule has 0 amide bonds. The van der Waals surface area contributed by atoms with Gasteiger partial charge in [-0.25, -0.2) is 0 Å². The van der Waals surface area contributed by atoms with Crippen molar-refractivity contribution in [2.45, 2.75) is 6.92 Å². The van der Waals surface area contributed by atoms with Crippen LogP contribution in [0.5, 0.6) is 17.2 Å². The Bertz CT molecular complexity index is 773. The molecule has 0 atom stereocenters. The molecule has 23 heavy (non-hydrogen) atoms. The molecule has 0 saturated carbocycles. The molecule has 3 rings (SSSR count). The van der Waals surface area contributed by atoms with Crippen LogP contribution < -0.4 is 14.2 Å². The van der Waals surface area contributed by atoms with Gasteiger partial charge in [0.15, 0.2) is 11.5 Å². The summed E-state index contributed by atoms with van der Waals surface area (Å²) in [6.07, 6.45) is 1.59. The number of aliphatic imine (C=N–C) groups is 1. The predicted octanol–water partition coefficient (Wildman–Crippen LogP) is 3.47. The second-order valence-corrected chi connectivity index (χ2v) is 4.71. The standard InChI is InChI=1S/C16H14N2O5/c1-2-21-14-8-16-15(22-10-23-16)6-11(14)9-17-12-4-3-5-13(7-12)18(19)20/h3-9H,2,10H2,1H3. The first-order valence-corrected chi connectivity index (χ1v) is 7.02. The highest BCUT2D eigenvalue weighted by Gasteiger charge is 2.17. The third kappa shape index (κ3) is 3.23. The molecular formula is C16H14N2O5. The number of nitro groups is 1. The Labute approximate surface area is 132 Å². The number of non-ortho nitro benzene ring substituents is 1. The van der Waals surface area contributed by atoms with E-state index in [4.69, 9.17) is 14.2 Å². The van der Waals surface area contributed by atoms with E-state index in [1.807, 2.05) is 6.92 Å². The molecule has 1 heterocycles. The van der Waals surface area contributed by atoms with E-state index >= 15 is 0 Å². The van der Waals surface area contributed by atoms with Crippen molar-refractivity contribution < 1.29 is 19.1 Å². The lowest BCUT2D eigenvalue weighted by molar-refractivity contribution is -0.384. The normalized spacial score (nSPS) is 12.6. The molecule has 0 aliphatic carbocycles. The number of fused-ring (bicyclic) bond motifs is 1. The minimum atomic E-state index is -0.453. The van der Waals surface area contributed by atoms with Gasteiger partial charge in [-0.2, -0.15) is 0 Å². The van der Waals surface area contributed by atoms with Crippen LogP contribution >= 0.6 is 0 Å². The van der Waals surface area contributed by atoms with E-state index in [9.17, 15) is 10.1 Å². The fourth-order valence-electron chi connectivity index (χ4n) is 2.15. The summed E-state index contributed by atoms with van der Waals surface area (Å²) in [6.45, 7) is 2.55. The highest BCUT2D eigenvalue weighted by Crippen LogP contribution is 2.37. The molecule has 2 aromatic carbocycles. The fourth-order valence-corrected chi connectivity index (χ4v) is 2.15. The lowest BCUT2D eigenvalue weighted by atomic mass is 10.2. The zero-order valence-corrected chi connectivity index (χ0v) is 12.4. The summed E-state index contributed by atoms with van der Waals surface area (Å²) in [7, 11) is 0. The zero-order valence-electron chi connectivity index (χ0n) is 12.4. The van der Waals surface area contributed by atoms with Crippen LogP contribution in [0.2, 0.25) is 0 Å². The molecule has 0 saturated heterocycles. The SMILES string of the molecule is CCOc1cc2c(cc1C=Nc1cccc([N+](=O)[O-])c1)OCO2. The molecule has 0 bridgehead atoms. The van der Waals surface area contributed by atoms with Crippen LogP contribution in [0.15, 0.2) is 41.4 Å². The van der Waals surface area contributed by atoms with E-state index in [0.717, 1.165) is 0 Å². The van der Waals surface area contributed by atoms with Gasteiger partial charge in [-0.05, 0) is 19.1 Å². The minimum absolute atomic E-state index is 0.00429. The maximum Gasteiger partial charge on any atom is 0.271 e. The van der Waals surface area contributed by atoms with Crippen molar-refractivity contribution in [3.63, 3.8) is 0 Å². The zero-order chi connectivity index (χ0) is 16.2. The maximum atomic E-state index is 10.8. The topological polar surface area (TPSA) is 83.2 Å². The lowest BCUT2D eigenvalue weighted by Gasteiger charge is -2.08. The number of ether oxygens (including phenoxy) is 3. The third-order valence-electron chi connectivity index (χ3n) is 3.20. The van der Waals surface area contributed by atoms with E-state index in [1.165, 1.54) is 12.1 Å². The van der Waals surface area contributed by atoms with E-state index in [1.54, 1.807) is 30.5 Å². The van der Waals surface area contributed by atoms with Crippen molar-refractivity contribution in [1.29, 1.82) is 0 Å². The van der Waals surface area contributed by atoms with E-state index < -0.39 is 4.92 Å². The summed E-state index contributed by atoms with van der Waals surface area (Å²) < 4.78 is 16.2. The van der Waals surface area contributed by atoms with Gasteiger partial charge in [0.25, 0.3) is 5.69 Å². The Hall–Kier alpha value is -3.09.